The van der Waals surface area contributed by atoms with Crippen LogP contribution in [0.2, 0.25) is 5.02 Å². The molecular weight excluding hydrogens is 457 g/mol. The van der Waals surface area contributed by atoms with Gasteiger partial charge in [0.15, 0.2) is 5.82 Å². The van der Waals surface area contributed by atoms with Crippen LogP contribution in [-0.4, -0.2) is 48.4 Å². The summed E-state index contributed by atoms with van der Waals surface area (Å²) in [5.74, 6) is 1.60. The molecule has 2 heterocycles. The molecule has 1 aromatic heterocycles. The molecule has 1 aliphatic heterocycles. The van der Waals surface area contributed by atoms with E-state index in [2.05, 4.69) is 44.7 Å². The second-order valence-corrected chi connectivity index (χ2v) is 12.1. The zero-order chi connectivity index (χ0) is 23.6. The molecule has 3 aromatic rings. The molecule has 2 aromatic carbocycles. The van der Waals surface area contributed by atoms with Gasteiger partial charge < -0.3 is 24.8 Å². The Hall–Kier alpha value is -2.60. The molecule has 0 unspecified atom stereocenters. The molecule has 0 amide bonds. The van der Waals surface area contributed by atoms with Crippen LogP contribution in [0.5, 0.6) is 5.75 Å². The molecule has 0 radical (unpaired) electrons. The Kier molecular flexibility index (Phi) is 6.94. The van der Waals surface area contributed by atoms with Crippen LogP contribution in [0.3, 0.4) is 0 Å². The van der Waals surface area contributed by atoms with Crippen LogP contribution in [0.25, 0.3) is 0 Å². The predicted octanol–water partition coefficient (Wildman–Crippen LogP) is 5.25. The number of anilines is 4. The number of nitrogens with one attached hydrogen (secondary N) is 2. The molecule has 0 fully saturated rings. The summed E-state index contributed by atoms with van der Waals surface area (Å²) < 4.78 is 18.6. The van der Waals surface area contributed by atoms with Gasteiger partial charge in [-0.1, -0.05) is 23.7 Å². The second-order valence-electron chi connectivity index (χ2n) is 8.55. The Morgan fingerprint density at radius 2 is 1.94 bits per heavy atom. The van der Waals surface area contributed by atoms with Gasteiger partial charge in [0, 0.05) is 18.4 Å². The minimum atomic E-state index is -2.49. The van der Waals surface area contributed by atoms with Crippen molar-refractivity contribution in [2.75, 3.05) is 44.2 Å². The fourth-order valence-corrected chi connectivity index (χ4v) is 5.21. The summed E-state index contributed by atoms with van der Waals surface area (Å²) >= 11 is 6.39. The van der Waals surface area contributed by atoms with E-state index in [-0.39, 0.29) is 0 Å². The molecule has 9 heteroatoms. The maximum atomic E-state index is 12.7. The zero-order valence-corrected chi connectivity index (χ0v) is 21.0. The lowest BCUT2D eigenvalue weighted by molar-refractivity contribution is 0.310. The van der Waals surface area contributed by atoms with E-state index in [1.165, 1.54) is 11.1 Å². The molecular formula is C24H29ClN5O2P. The highest BCUT2D eigenvalue weighted by Crippen LogP contribution is 2.39. The average Bonchev–Trinajstić information content (AvgIpc) is 2.76. The van der Waals surface area contributed by atoms with Gasteiger partial charge in [0.25, 0.3) is 0 Å². The van der Waals surface area contributed by atoms with Crippen molar-refractivity contribution in [2.45, 2.75) is 19.9 Å². The van der Waals surface area contributed by atoms with Gasteiger partial charge in [-0.25, -0.2) is 4.98 Å². The van der Waals surface area contributed by atoms with E-state index in [0.717, 1.165) is 36.3 Å². The van der Waals surface area contributed by atoms with Crippen LogP contribution in [0.1, 0.15) is 18.1 Å². The van der Waals surface area contributed by atoms with E-state index in [1.807, 2.05) is 31.2 Å². The van der Waals surface area contributed by atoms with E-state index in [4.69, 9.17) is 16.3 Å². The Labute approximate surface area is 199 Å². The maximum Gasteiger partial charge on any atom is 0.229 e. The molecule has 33 heavy (non-hydrogen) atoms. The number of likely N-dealkylation sites (N-methyl/N-ethyl adjacent to an activating group) is 1. The SMILES string of the molecule is CCOc1cc2c(cc1Nc1ncc(Cl)c(Nc3ccccc3P(C)(C)=O)n1)CN(C)CC2. The molecule has 2 N–H and O–H groups in total. The van der Waals surface area contributed by atoms with Gasteiger partial charge in [-0.05, 0) is 69.1 Å². The topological polar surface area (TPSA) is 79.4 Å². The number of fused-ring (bicyclic) bond motifs is 1. The third-order valence-corrected chi connectivity index (χ3v) is 7.36. The number of hydrogen-bond donors (Lipinski definition) is 2. The highest BCUT2D eigenvalue weighted by Gasteiger charge is 2.19. The molecule has 1 aliphatic rings. The zero-order valence-electron chi connectivity index (χ0n) is 19.4. The third kappa shape index (κ3) is 5.49. The second kappa shape index (κ2) is 9.72. The molecule has 4 rings (SSSR count). The van der Waals surface area contributed by atoms with Crippen LogP contribution in [0, 0.1) is 0 Å². The first-order valence-electron chi connectivity index (χ1n) is 10.9. The number of ether oxygens (including phenoxy) is 1. The summed E-state index contributed by atoms with van der Waals surface area (Å²) in [7, 11) is -0.369. The molecule has 7 nitrogen and oxygen atoms in total. The Balaban J connectivity index is 1.66. The molecule has 0 bridgehead atoms. The van der Waals surface area contributed by atoms with Gasteiger partial charge in [0.05, 0.1) is 24.2 Å². The maximum absolute atomic E-state index is 12.7. The largest absolute Gasteiger partial charge is 0.492 e. The Bertz CT molecular complexity index is 1210. The van der Waals surface area contributed by atoms with Crippen molar-refractivity contribution in [1.82, 2.24) is 14.9 Å². The normalized spacial score (nSPS) is 14.0. The average molecular weight is 486 g/mol. The first-order valence-corrected chi connectivity index (χ1v) is 13.9. The first-order chi connectivity index (χ1) is 15.7. The van der Waals surface area contributed by atoms with Crippen molar-refractivity contribution >= 4 is 47.2 Å². The van der Waals surface area contributed by atoms with Crippen molar-refractivity contribution in [3.8, 4) is 5.75 Å². The minimum absolute atomic E-state index is 0.370. The summed E-state index contributed by atoms with van der Waals surface area (Å²) in [6.07, 6.45) is 2.54. The molecule has 0 aliphatic carbocycles. The van der Waals surface area contributed by atoms with Crippen molar-refractivity contribution in [1.29, 1.82) is 0 Å². The van der Waals surface area contributed by atoms with Crippen LogP contribution in [0.4, 0.5) is 23.1 Å². The quantitative estimate of drug-likeness (QED) is 0.442. The molecule has 174 valence electrons. The Morgan fingerprint density at radius 3 is 2.70 bits per heavy atom. The Morgan fingerprint density at radius 1 is 1.15 bits per heavy atom. The first kappa shape index (κ1) is 23.6. The molecule has 0 saturated heterocycles. The van der Waals surface area contributed by atoms with E-state index >= 15 is 0 Å². The summed E-state index contributed by atoms with van der Waals surface area (Å²) in [5, 5.41) is 7.65. The lowest BCUT2D eigenvalue weighted by atomic mass is 9.99. The number of halogens is 1. The summed E-state index contributed by atoms with van der Waals surface area (Å²) in [6, 6.07) is 11.7. The highest BCUT2D eigenvalue weighted by molar-refractivity contribution is 7.70. The predicted molar refractivity (Wildman–Crippen MR) is 137 cm³/mol. The van der Waals surface area contributed by atoms with E-state index in [0.29, 0.717) is 29.1 Å². The number of para-hydroxylation sites is 1. The van der Waals surface area contributed by atoms with Crippen molar-refractivity contribution in [2.24, 2.45) is 0 Å². The van der Waals surface area contributed by atoms with Gasteiger partial charge in [0.1, 0.15) is 17.9 Å². The standard InChI is InChI=1S/C24H29ClN5O2P/c1-5-32-21-13-16-10-11-30(2)15-17(16)12-20(21)28-24-26-14-18(25)23(29-24)27-19-8-6-7-9-22(19)33(3,4)31/h6-9,12-14H,5,10-11,15H2,1-4H3,(H2,26,27,28,29). The highest BCUT2D eigenvalue weighted by atomic mass is 35.5. The van der Waals surface area contributed by atoms with Gasteiger partial charge in [-0.15, -0.1) is 0 Å². The molecule has 0 atom stereocenters. The van der Waals surface area contributed by atoms with E-state index in [1.54, 1.807) is 19.5 Å². The third-order valence-electron chi connectivity index (χ3n) is 5.53. The van der Waals surface area contributed by atoms with Crippen molar-refractivity contribution in [3.63, 3.8) is 0 Å². The lowest BCUT2D eigenvalue weighted by Crippen LogP contribution is -2.26. The minimum Gasteiger partial charge on any atom is -0.492 e. The van der Waals surface area contributed by atoms with Crippen molar-refractivity contribution < 1.29 is 9.30 Å². The van der Waals surface area contributed by atoms with E-state index in [9.17, 15) is 4.57 Å². The fourth-order valence-electron chi connectivity index (χ4n) is 3.91. The van der Waals surface area contributed by atoms with Crippen LogP contribution >= 0.6 is 18.7 Å². The summed E-state index contributed by atoms with van der Waals surface area (Å²) in [4.78, 5) is 11.3. The fraction of sp³-hybridized carbons (Fsp3) is 0.333. The summed E-state index contributed by atoms with van der Waals surface area (Å²) in [5.41, 5.74) is 4.09. The number of hydrogen-bond acceptors (Lipinski definition) is 7. The van der Waals surface area contributed by atoms with Gasteiger partial charge in [-0.3, -0.25) is 0 Å². The molecule has 0 spiro atoms. The number of rotatable bonds is 7. The monoisotopic (exact) mass is 485 g/mol. The lowest BCUT2D eigenvalue weighted by Gasteiger charge is -2.26. The van der Waals surface area contributed by atoms with Crippen molar-refractivity contribution in [3.05, 3.63) is 58.7 Å². The number of nitrogens with zero attached hydrogens (tertiary/aromatic N) is 3. The van der Waals surface area contributed by atoms with Crippen LogP contribution in [0.15, 0.2) is 42.6 Å². The number of aromatic nitrogens is 2. The van der Waals surface area contributed by atoms with Gasteiger partial charge in [0.2, 0.25) is 5.95 Å². The summed E-state index contributed by atoms with van der Waals surface area (Å²) in [6.45, 7) is 7.93. The van der Waals surface area contributed by atoms with Gasteiger partial charge in [-0.2, -0.15) is 4.98 Å². The van der Waals surface area contributed by atoms with E-state index < -0.39 is 7.14 Å². The van der Waals surface area contributed by atoms with Crippen LogP contribution in [-0.2, 0) is 17.5 Å². The number of benzene rings is 2. The smallest absolute Gasteiger partial charge is 0.229 e. The van der Waals surface area contributed by atoms with Crippen LogP contribution < -0.4 is 20.7 Å². The van der Waals surface area contributed by atoms with Gasteiger partial charge >= 0.3 is 0 Å². The molecule has 0 saturated carbocycles.